The molecule has 0 fully saturated rings. The predicted octanol–water partition coefficient (Wildman–Crippen LogP) is 2.11. The molecular weight excluding hydrogens is 382 g/mol. The summed E-state index contributed by atoms with van der Waals surface area (Å²) >= 11 is 0. The molecule has 0 saturated carbocycles. The first kappa shape index (κ1) is 19.8. The largest absolute Gasteiger partial charge is 0.346 e. The first-order valence-electron chi connectivity index (χ1n) is 10.1. The van der Waals surface area contributed by atoms with Gasteiger partial charge in [-0.2, -0.15) is 15.0 Å². The van der Waals surface area contributed by atoms with E-state index in [0.29, 0.717) is 35.5 Å². The van der Waals surface area contributed by atoms with Crippen LogP contribution >= 0.6 is 0 Å². The number of nitrogens with one attached hydrogen (secondary N) is 1. The maximum Gasteiger partial charge on any atom is 0.268 e. The van der Waals surface area contributed by atoms with Crippen molar-refractivity contribution >= 4 is 22.6 Å². The van der Waals surface area contributed by atoms with Gasteiger partial charge in [-0.05, 0) is 30.5 Å². The van der Waals surface area contributed by atoms with Crippen molar-refractivity contribution in [2.45, 2.75) is 46.3 Å². The van der Waals surface area contributed by atoms with Crippen LogP contribution in [0.25, 0.3) is 16.7 Å². The number of hydrogen-bond donors (Lipinski definition) is 1. The zero-order chi connectivity index (χ0) is 21.3. The summed E-state index contributed by atoms with van der Waals surface area (Å²) < 4.78 is 3.34. The average molecular weight is 407 g/mol. The summed E-state index contributed by atoms with van der Waals surface area (Å²) in [7, 11) is 0. The van der Waals surface area contributed by atoms with E-state index < -0.39 is 0 Å². The Labute approximate surface area is 173 Å². The molecule has 0 aliphatic rings. The zero-order valence-electron chi connectivity index (χ0n) is 17.3. The van der Waals surface area contributed by atoms with Crippen molar-refractivity contribution in [1.82, 2.24) is 34.3 Å². The van der Waals surface area contributed by atoms with Crippen LogP contribution in [-0.2, 0) is 13.1 Å². The van der Waals surface area contributed by atoms with E-state index in [1.165, 1.54) is 4.40 Å². The second kappa shape index (κ2) is 8.10. The van der Waals surface area contributed by atoms with Gasteiger partial charge in [0.05, 0.1) is 30.4 Å². The molecule has 30 heavy (non-hydrogen) atoms. The van der Waals surface area contributed by atoms with Crippen LogP contribution < -0.4 is 10.9 Å². The van der Waals surface area contributed by atoms with Gasteiger partial charge in [-0.15, -0.1) is 0 Å². The molecule has 156 valence electrons. The van der Waals surface area contributed by atoms with Gasteiger partial charge in [0, 0.05) is 12.7 Å². The topological polar surface area (TPSA) is 99.1 Å². The highest BCUT2D eigenvalue weighted by molar-refractivity contribution is 5.98. The highest BCUT2D eigenvalue weighted by Gasteiger charge is 2.23. The molecule has 0 spiro atoms. The highest BCUT2D eigenvalue weighted by Crippen LogP contribution is 2.18. The molecule has 1 amide bonds. The molecule has 1 atom stereocenters. The predicted molar refractivity (Wildman–Crippen MR) is 113 cm³/mol. The van der Waals surface area contributed by atoms with Crippen LogP contribution in [0, 0.1) is 5.92 Å². The third-order valence-electron chi connectivity index (χ3n) is 5.20. The van der Waals surface area contributed by atoms with Crippen molar-refractivity contribution in [1.29, 1.82) is 0 Å². The number of aromatic nitrogens is 6. The van der Waals surface area contributed by atoms with E-state index in [1.54, 1.807) is 41.6 Å². The van der Waals surface area contributed by atoms with Crippen molar-refractivity contribution in [3.63, 3.8) is 0 Å². The summed E-state index contributed by atoms with van der Waals surface area (Å²) in [5.74, 6) is -0.0592. The van der Waals surface area contributed by atoms with Gasteiger partial charge in [0.1, 0.15) is 17.0 Å². The van der Waals surface area contributed by atoms with Gasteiger partial charge in [-0.25, -0.2) is 4.98 Å². The first-order valence-corrected chi connectivity index (χ1v) is 10.1. The number of amides is 1. The number of nitrogens with zero attached hydrogens (tertiary/aromatic N) is 6. The smallest absolute Gasteiger partial charge is 0.268 e. The lowest BCUT2D eigenvalue weighted by Gasteiger charge is -2.22. The molecule has 4 aromatic rings. The molecule has 0 saturated heterocycles. The maximum atomic E-state index is 13.2. The van der Waals surface area contributed by atoms with E-state index in [1.807, 2.05) is 31.4 Å². The van der Waals surface area contributed by atoms with Crippen LogP contribution in [0.5, 0.6) is 0 Å². The highest BCUT2D eigenvalue weighted by atomic mass is 16.2. The number of rotatable bonds is 7. The molecule has 0 radical (unpaired) electrons. The SMILES string of the molecule is CCCn1c(C(=O)NC(Cn2nccn2)C(C)C)cc2c(=O)n3ccccc3nc21. The lowest BCUT2D eigenvalue weighted by Crippen LogP contribution is -2.42. The van der Waals surface area contributed by atoms with E-state index >= 15 is 0 Å². The van der Waals surface area contributed by atoms with Gasteiger partial charge in [-0.1, -0.05) is 26.8 Å². The Bertz CT molecular complexity index is 1240. The Morgan fingerprint density at radius 3 is 2.67 bits per heavy atom. The van der Waals surface area contributed by atoms with Crippen molar-refractivity contribution in [2.24, 2.45) is 5.92 Å². The van der Waals surface area contributed by atoms with Crippen LogP contribution in [0.15, 0.2) is 47.7 Å². The molecule has 9 nitrogen and oxygen atoms in total. The molecule has 4 rings (SSSR count). The fraction of sp³-hybridized carbons (Fsp3) is 0.381. The summed E-state index contributed by atoms with van der Waals surface area (Å²) in [4.78, 5) is 32.4. The monoisotopic (exact) mass is 407 g/mol. The van der Waals surface area contributed by atoms with Gasteiger partial charge in [0.2, 0.25) is 0 Å². The molecule has 9 heteroatoms. The van der Waals surface area contributed by atoms with E-state index in [9.17, 15) is 9.59 Å². The zero-order valence-corrected chi connectivity index (χ0v) is 17.3. The summed E-state index contributed by atoms with van der Waals surface area (Å²) in [5, 5.41) is 11.8. The average Bonchev–Trinajstić information content (AvgIpc) is 3.36. The van der Waals surface area contributed by atoms with Gasteiger partial charge in [0.25, 0.3) is 11.5 Å². The minimum absolute atomic E-state index is 0.161. The lowest BCUT2D eigenvalue weighted by molar-refractivity contribution is 0.0908. The Morgan fingerprint density at radius 1 is 1.20 bits per heavy atom. The third-order valence-corrected chi connectivity index (χ3v) is 5.20. The number of aryl methyl sites for hydroxylation is 1. The number of hydrogen-bond acceptors (Lipinski definition) is 5. The number of carbonyl (C=O) groups excluding carboxylic acids is 1. The van der Waals surface area contributed by atoms with Gasteiger partial charge < -0.3 is 9.88 Å². The van der Waals surface area contributed by atoms with Crippen LogP contribution in [0.2, 0.25) is 0 Å². The molecule has 0 bridgehead atoms. The Morgan fingerprint density at radius 2 is 1.97 bits per heavy atom. The quantitative estimate of drug-likeness (QED) is 0.506. The van der Waals surface area contributed by atoms with Crippen molar-refractivity contribution < 1.29 is 4.79 Å². The maximum absolute atomic E-state index is 13.2. The Kier molecular flexibility index (Phi) is 5.35. The second-order valence-electron chi connectivity index (χ2n) is 7.67. The van der Waals surface area contributed by atoms with E-state index in [-0.39, 0.29) is 23.4 Å². The third kappa shape index (κ3) is 3.58. The molecule has 4 heterocycles. The number of carbonyl (C=O) groups is 1. The summed E-state index contributed by atoms with van der Waals surface area (Å²) in [6.07, 6.45) is 5.72. The Balaban J connectivity index is 1.75. The number of pyridine rings is 1. The first-order chi connectivity index (χ1) is 14.5. The van der Waals surface area contributed by atoms with E-state index in [4.69, 9.17) is 0 Å². The normalized spacial score (nSPS) is 12.7. The number of fused-ring (bicyclic) bond motifs is 2. The minimum Gasteiger partial charge on any atom is -0.346 e. The second-order valence-corrected chi connectivity index (χ2v) is 7.67. The standard InChI is InChI=1S/C21H25N7O2/c1-4-10-26-17(20(29)24-16(14(2)3)13-28-22-8-9-23-28)12-15-19(26)25-18-7-5-6-11-27(18)21(15)30/h5-9,11-12,14,16H,4,10,13H2,1-3H3,(H,24,29). The Hall–Kier alpha value is -3.49. The van der Waals surface area contributed by atoms with Crippen molar-refractivity contribution in [3.8, 4) is 0 Å². The van der Waals surface area contributed by atoms with Gasteiger partial charge >= 0.3 is 0 Å². The lowest BCUT2D eigenvalue weighted by atomic mass is 10.0. The van der Waals surface area contributed by atoms with Gasteiger partial charge in [0.15, 0.2) is 0 Å². The summed E-state index contributed by atoms with van der Waals surface area (Å²) in [5.41, 5.74) is 1.35. The summed E-state index contributed by atoms with van der Waals surface area (Å²) in [6, 6.07) is 6.90. The molecule has 4 aromatic heterocycles. The van der Waals surface area contributed by atoms with Crippen LogP contribution in [-0.4, -0.2) is 40.9 Å². The van der Waals surface area contributed by atoms with Crippen LogP contribution in [0.4, 0.5) is 0 Å². The summed E-state index contributed by atoms with van der Waals surface area (Å²) in [6.45, 7) is 7.17. The molecule has 1 unspecified atom stereocenters. The van der Waals surface area contributed by atoms with Gasteiger partial charge in [-0.3, -0.25) is 14.0 Å². The molecule has 1 N–H and O–H groups in total. The van der Waals surface area contributed by atoms with Crippen LogP contribution in [0.3, 0.4) is 0 Å². The van der Waals surface area contributed by atoms with Crippen molar-refractivity contribution in [2.75, 3.05) is 0 Å². The van der Waals surface area contributed by atoms with Crippen molar-refractivity contribution in [3.05, 3.63) is 58.9 Å². The molecular formula is C21H25N7O2. The fourth-order valence-corrected chi connectivity index (χ4v) is 3.57. The minimum atomic E-state index is -0.235. The fourth-order valence-electron chi connectivity index (χ4n) is 3.57. The molecule has 0 aromatic carbocycles. The molecule has 0 aliphatic carbocycles. The molecule has 0 aliphatic heterocycles. The van der Waals surface area contributed by atoms with E-state index in [0.717, 1.165) is 6.42 Å². The van der Waals surface area contributed by atoms with Crippen LogP contribution in [0.1, 0.15) is 37.7 Å². The van der Waals surface area contributed by atoms with E-state index in [2.05, 4.69) is 20.5 Å².